The lowest BCUT2D eigenvalue weighted by Crippen LogP contribution is -2.27. The molecule has 84 valence electrons. The molecule has 0 amide bonds. The van der Waals surface area contributed by atoms with Gasteiger partial charge in [-0.3, -0.25) is 0 Å². The van der Waals surface area contributed by atoms with Gasteiger partial charge in [0.05, 0.1) is 0 Å². The maximum absolute atomic E-state index is 6.22. The van der Waals surface area contributed by atoms with E-state index >= 15 is 0 Å². The topological polar surface area (TPSA) is 38.0 Å². The molecular formula is C12H19ClN2. The molecule has 0 unspecified atom stereocenters. The number of anilines is 1. The molecule has 0 aliphatic rings. The molecule has 0 bridgehead atoms. The largest absolute Gasteiger partial charge is 0.388 e. The van der Waals surface area contributed by atoms with E-state index in [2.05, 4.69) is 26.1 Å². The summed E-state index contributed by atoms with van der Waals surface area (Å²) in [6.07, 6.45) is 0. The van der Waals surface area contributed by atoms with Crippen LogP contribution in [0.1, 0.15) is 32.4 Å². The zero-order valence-corrected chi connectivity index (χ0v) is 10.5. The Kier molecular flexibility index (Phi) is 3.63. The SMILES string of the molecule is CNc1ccc(Cl)cc1[C@@H](N)C(C)(C)C. The monoisotopic (exact) mass is 226 g/mol. The highest BCUT2D eigenvalue weighted by molar-refractivity contribution is 6.30. The second-order valence-electron chi connectivity index (χ2n) is 4.83. The van der Waals surface area contributed by atoms with Gasteiger partial charge in [-0.1, -0.05) is 32.4 Å². The molecule has 1 rings (SSSR count). The Balaban J connectivity index is 3.17. The molecule has 0 fully saturated rings. The van der Waals surface area contributed by atoms with Crippen molar-refractivity contribution in [3.05, 3.63) is 28.8 Å². The summed E-state index contributed by atoms with van der Waals surface area (Å²) < 4.78 is 0. The number of rotatable bonds is 2. The lowest BCUT2D eigenvalue weighted by molar-refractivity contribution is 0.327. The summed E-state index contributed by atoms with van der Waals surface area (Å²) in [5, 5.41) is 3.86. The Bertz CT molecular complexity index is 342. The van der Waals surface area contributed by atoms with Gasteiger partial charge in [0.25, 0.3) is 0 Å². The van der Waals surface area contributed by atoms with Crippen LogP contribution in [-0.4, -0.2) is 7.05 Å². The highest BCUT2D eigenvalue weighted by Crippen LogP contribution is 2.35. The third kappa shape index (κ3) is 2.86. The minimum atomic E-state index is -0.0290. The van der Waals surface area contributed by atoms with Gasteiger partial charge in [0.15, 0.2) is 0 Å². The first-order valence-electron chi connectivity index (χ1n) is 5.09. The second-order valence-corrected chi connectivity index (χ2v) is 5.26. The molecule has 0 radical (unpaired) electrons. The van der Waals surface area contributed by atoms with Crippen LogP contribution < -0.4 is 11.1 Å². The fraction of sp³-hybridized carbons (Fsp3) is 0.500. The van der Waals surface area contributed by atoms with Gasteiger partial charge >= 0.3 is 0 Å². The van der Waals surface area contributed by atoms with Crippen molar-refractivity contribution in [1.82, 2.24) is 0 Å². The molecule has 3 N–H and O–H groups in total. The van der Waals surface area contributed by atoms with E-state index in [0.717, 1.165) is 16.3 Å². The van der Waals surface area contributed by atoms with Gasteiger partial charge in [0.2, 0.25) is 0 Å². The van der Waals surface area contributed by atoms with Crippen molar-refractivity contribution in [2.24, 2.45) is 11.1 Å². The second kappa shape index (κ2) is 4.42. The number of hydrogen-bond donors (Lipinski definition) is 2. The minimum Gasteiger partial charge on any atom is -0.388 e. The van der Waals surface area contributed by atoms with Crippen LogP contribution >= 0.6 is 11.6 Å². The van der Waals surface area contributed by atoms with Gasteiger partial charge < -0.3 is 11.1 Å². The Morgan fingerprint density at radius 2 is 1.93 bits per heavy atom. The summed E-state index contributed by atoms with van der Waals surface area (Å²) in [5.41, 5.74) is 8.35. The number of halogens is 1. The van der Waals surface area contributed by atoms with Crippen LogP contribution in [0.3, 0.4) is 0 Å². The van der Waals surface area contributed by atoms with Gasteiger partial charge in [-0.05, 0) is 29.2 Å². The molecule has 2 nitrogen and oxygen atoms in total. The van der Waals surface area contributed by atoms with E-state index in [1.165, 1.54) is 0 Å². The predicted molar refractivity (Wildman–Crippen MR) is 67.4 cm³/mol. The Morgan fingerprint density at radius 1 is 1.33 bits per heavy atom. The van der Waals surface area contributed by atoms with Crippen molar-refractivity contribution in [3.63, 3.8) is 0 Å². The maximum Gasteiger partial charge on any atom is 0.0410 e. The molecular weight excluding hydrogens is 208 g/mol. The zero-order valence-electron chi connectivity index (χ0n) is 9.76. The molecule has 1 atom stereocenters. The Hall–Kier alpha value is -0.730. The normalized spacial score (nSPS) is 13.7. The highest BCUT2D eigenvalue weighted by Gasteiger charge is 2.24. The van der Waals surface area contributed by atoms with Gasteiger partial charge in [0.1, 0.15) is 0 Å². The molecule has 1 aromatic rings. The summed E-state index contributed by atoms with van der Waals surface area (Å²) in [7, 11) is 1.89. The van der Waals surface area contributed by atoms with Crippen molar-refractivity contribution in [3.8, 4) is 0 Å². The quantitative estimate of drug-likeness (QED) is 0.811. The minimum absolute atomic E-state index is 0.0241. The van der Waals surface area contributed by atoms with Crippen molar-refractivity contribution in [2.45, 2.75) is 26.8 Å². The number of nitrogens with two attached hydrogens (primary N) is 1. The maximum atomic E-state index is 6.22. The van der Waals surface area contributed by atoms with Crippen molar-refractivity contribution in [2.75, 3.05) is 12.4 Å². The summed E-state index contributed by atoms with van der Waals surface area (Å²) in [4.78, 5) is 0. The van der Waals surface area contributed by atoms with Gasteiger partial charge in [-0.15, -0.1) is 0 Å². The van der Waals surface area contributed by atoms with Crippen LogP contribution in [0.15, 0.2) is 18.2 Å². The van der Waals surface area contributed by atoms with Crippen LogP contribution in [-0.2, 0) is 0 Å². The number of benzene rings is 1. The van der Waals surface area contributed by atoms with Crippen LogP contribution in [0.5, 0.6) is 0 Å². The average Bonchev–Trinajstić information content (AvgIpc) is 2.15. The fourth-order valence-electron chi connectivity index (χ4n) is 1.49. The summed E-state index contributed by atoms with van der Waals surface area (Å²) in [6.45, 7) is 6.37. The molecule has 15 heavy (non-hydrogen) atoms. The number of nitrogens with one attached hydrogen (secondary N) is 1. The van der Waals surface area contributed by atoms with Crippen molar-refractivity contribution < 1.29 is 0 Å². The van der Waals surface area contributed by atoms with E-state index in [9.17, 15) is 0 Å². The third-order valence-electron chi connectivity index (χ3n) is 2.55. The van der Waals surface area contributed by atoms with Gasteiger partial charge in [0, 0.05) is 23.8 Å². The van der Waals surface area contributed by atoms with Crippen LogP contribution in [0.25, 0.3) is 0 Å². The molecule has 0 spiro atoms. The first-order valence-corrected chi connectivity index (χ1v) is 5.47. The lowest BCUT2D eigenvalue weighted by Gasteiger charge is -2.29. The smallest absolute Gasteiger partial charge is 0.0410 e. The summed E-state index contributed by atoms with van der Waals surface area (Å²) >= 11 is 5.98. The fourth-order valence-corrected chi connectivity index (χ4v) is 1.67. The highest BCUT2D eigenvalue weighted by atomic mass is 35.5. The molecule has 0 aliphatic heterocycles. The Labute approximate surface area is 96.8 Å². The van der Waals surface area contributed by atoms with E-state index in [0.29, 0.717) is 0 Å². The molecule has 3 heteroatoms. The van der Waals surface area contributed by atoms with Crippen LogP contribution in [0, 0.1) is 5.41 Å². The van der Waals surface area contributed by atoms with Crippen molar-refractivity contribution in [1.29, 1.82) is 0 Å². The first kappa shape index (κ1) is 12.3. The van der Waals surface area contributed by atoms with E-state index < -0.39 is 0 Å². The Morgan fingerprint density at radius 3 is 2.40 bits per heavy atom. The average molecular weight is 227 g/mol. The molecule has 0 saturated carbocycles. The van der Waals surface area contributed by atoms with Crippen LogP contribution in [0.2, 0.25) is 5.02 Å². The van der Waals surface area contributed by atoms with E-state index in [1.807, 2.05) is 25.2 Å². The lowest BCUT2D eigenvalue weighted by atomic mass is 9.82. The van der Waals surface area contributed by atoms with Gasteiger partial charge in [-0.2, -0.15) is 0 Å². The van der Waals surface area contributed by atoms with Gasteiger partial charge in [-0.25, -0.2) is 0 Å². The molecule has 1 aromatic carbocycles. The standard InChI is InChI=1S/C12H19ClN2/c1-12(2,3)11(14)9-7-8(13)5-6-10(9)15-4/h5-7,11,15H,14H2,1-4H3/t11-/m1/s1. The summed E-state index contributed by atoms with van der Waals surface area (Å²) in [6, 6.07) is 5.73. The third-order valence-corrected chi connectivity index (χ3v) is 2.79. The summed E-state index contributed by atoms with van der Waals surface area (Å²) in [5.74, 6) is 0. The molecule has 0 aromatic heterocycles. The predicted octanol–water partition coefficient (Wildman–Crippen LogP) is 3.43. The zero-order chi connectivity index (χ0) is 11.6. The number of hydrogen-bond acceptors (Lipinski definition) is 2. The molecule has 0 saturated heterocycles. The first-order chi connectivity index (χ1) is 6.86. The van der Waals surface area contributed by atoms with Crippen molar-refractivity contribution >= 4 is 17.3 Å². The van der Waals surface area contributed by atoms with Crippen LogP contribution in [0.4, 0.5) is 5.69 Å². The van der Waals surface area contributed by atoms with E-state index in [-0.39, 0.29) is 11.5 Å². The molecule has 0 heterocycles. The van der Waals surface area contributed by atoms with E-state index in [1.54, 1.807) is 0 Å². The molecule has 0 aliphatic carbocycles. The van der Waals surface area contributed by atoms with E-state index in [4.69, 9.17) is 17.3 Å².